The Labute approximate surface area is 123 Å². The molecule has 120 valence electrons. The number of ether oxygens (including phenoxy) is 1. The summed E-state index contributed by atoms with van der Waals surface area (Å²) in [4.78, 5) is 28.2. The van der Waals surface area contributed by atoms with Crippen LogP contribution < -0.4 is 4.74 Å². The molecule has 1 aliphatic heterocycles. The third-order valence-electron chi connectivity index (χ3n) is 3.19. The molecule has 2 heterocycles. The van der Waals surface area contributed by atoms with E-state index in [1.54, 1.807) is 0 Å². The van der Waals surface area contributed by atoms with Crippen LogP contribution in [0.1, 0.15) is 16.9 Å². The summed E-state index contributed by atoms with van der Waals surface area (Å²) < 4.78 is 41.2. The number of amides is 1. The molecule has 1 fully saturated rings. The summed E-state index contributed by atoms with van der Waals surface area (Å²) in [6.07, 6.45) is -2.97. The maximum atomic E-state index is 12.3. The Morgan fingerprint density at radius 1 is 1.45 bits per heavy atom. The second-order valence-corrected chi connectivity index (χ2v) is 4.83. The first-order chi connectivity index (χ1) is 10.3. The number of carboxylic acids is 1. The molecule has 6 nitrogen and oxygen atoms in total. The molecule has 0 bridgehead atoms. The van der Waals surface area contributed by atoms with Gasteiger partial charge < -0.3 is 14.7 Å². The maximum Gasteiger partial charge on any atom is 0.422 e. The third kappa shape index (κ3) is 3.86. The van der Waals surface area contributed by atoms with Crippen molar-refractivity contribution in [3.05, 3.63) is 24.0 Å². The molecule has 1 atom stereocenters. The number of aliphatic carboxylic acids is 1. The quantitative estimate of drug-likeness (QED) is 0.911. The topological polar surface area (TPSA) is 79.7 Å². The van der Waals surface area contributed by atoms with Crippen molar-refractivity contribution >= 4 is 11.9 Å². The van der Waals surface area contributed by atoms with E-state index in [4.69, 9.17) is 5.11 Å². The molecule has 1 amide bonds. The largest absolute Gasteiger partial charge is 0.482 e. The molecular formula is C13H13F3N2O4. The van der Waals surface area contributed by atoms with Crippen molar-refractivity contribution in [3.8, 4) is 5.75 Å². The summed E-state index contributed by atoms with van der Waals surface area (Å²) in [5.74, 6) is -2.60. The summed E-state index contributed by atoms with van der Waals surface area (Å²) in [6.45, 7) is -1.31. The van der Waals surface area contributed by atoms with Crippen molar-refractivity contribution in [1.82, 2.24) is 9.88 Å². The van der Waals surface area contributed by atoms with Crippen LogP contribution in [0.25, 0.3) is 0 Å². The van der Waals surface area contributed by atoms with Gasteiger partial charge in [-0.2, -0.15) is 13.2 Å². The fraction of sp³-hybridized carbons (Fsp3) is 0.462. The molecule has 0 saturated carbocycles. The number of halogens is 3. The van der Waals surface area contributed by atoms with Gasteiger partial charge in [-0.15, -0.1) is 0 Å². The molecular weight excluding hydrogens is 305 g/mol. The zero-order valence-corrected chi connectivity index (χ0v) is 11.3. The number of aromatic nitrogens is 1. The predicted molar refractivity (Wildman–Crippen MR) is 67.4 cm³/mol. The van der Waals surface area contributed by atoms with Gasteiger partial charge in [0.15, 0.2) is 18.1 Å². The van der Waals surface area contributed by atoms with E-state index in [9.17, 15) is 22.8 Å². The lowest BCUT2D eigenvalue weighted by Gasteiger charge is -2.17. The molecule has 1 saturated heterocycles. The zero-order valence-electron chi connectivity index (χ0n) is 11.3. The van der Waals surface area contributed by atoms with E-state index in [1.807, 2.05) is 0 Å². The summed E-state index contributed by atoms with van der Waals surface area (Å²) in [5.41, 5.74) is -0.252. The van der Waals surface area contributed by atoms with Crippen LogP contribution in [0, 0.1) is 5.92 Å². The second-order valence-electron chi connectivity index (χ2n) is 4.83. The molecule has 0 radical (unpaired) electrons. The van der Waals surface area contributed by atoms with Crippen LogP contribution in [-0.4, -0.2) is 52.7 Å². The van der Waals surface area contributed by atoms with Gasteiger partial charge >= 0.3 is 12.1 Å². The molecule has 1 N–H and O–H groups in total. The lowest BCUT2D eigenvalue weighted by atomic mass is 10.1. The minimum Gasteiger partial charge on any atom is -0.482 e. The van der Waals surface area contributed by atoms with Crippen LogP contribution in [-0.2, 0) is 4.79 Å². The number of carbonyl (C=O) groups excluding carboxylic acids is 1. The highest BCUT2D eigenvalue weighted by Gasteiger charge is 2.34. The highest BCUT2D eigenvalue weighted by atomic mass is 19.4. The number of rotatable bonds is 4. The van der Waals surface area contributed by atoms with Crippen LogP contribution in [0.5, 0.6) is 5.75 Å². The number of carbonyl (C=O) groups is 2. The van der Waals surface area contributed by atoms with Crippen LogP contribution in [0.3, 0.4) is 0 Å². The van der Waals surface area contributed by atoms with Crippen molar-refractivity contribution in [2.45, 2.75) is 12.6 Å². The summed E-state index contributed by atoms with van der Waals surface area (Å²) in [5, 5.41) is 8.91. The second kappa shape index (κ2) is 6.20. The molecule has 9 heteroatoms. The Balaban J connectivity index is 2.12. The SMILES string of the molecule is O=C(O)C1CCN(C(=O)c2ncccc2OCC(F)(F)F)C1. The predicted octanol–water partition coefficient (Wildman–Crippen LogP) is 1.57. The van der Waals surface area contributed by atoms with Crippen LogP contribution in [0.2, 0.25) is 0 Å². The van der Waals surface area contributed by atoms with Gasteiger partial charge in [-0.25, -0.2) is 4.98 Å². The summed E-state index contributed by atoms with van der Waals surface area (Å²) >= 11 is 0. The van der Waals surface area contributed by atoms with Gasteiger partial charge in [0.1, 0.15) is 0 Å². The van der Waals surface area contributed by atoms with E-state index in [0.717, 1.165) is 0 Å². The minimum atomic E-state index is -4.53. The van der Waals surface area contributed by atoms with Crippen molar-refractivity contribution in [2.75, 3.05) is 19.7 Å². The monoisotopic (exact) mass is 318 g/mol. The summed E-state index contributed by atoms with van der Waals surface area (Å²) in [7, 11) is 0. The van der Waals surface area contributed by atoms with Gasteiger partial charge in [-0.1, -0.05) is 0 Å². The Morgan fingerprint density at radius 2 is 2.18 bits per heavy atom. The molecule has 22 heavy (non-hydrogen) atoms. The molecule has 0 spiro atoms. The van der Waals surface area contributed by atoms with E-state index in [0.29, 0.717) is 6.42 Å². The molecule has 0 aromatic carbocycles. The fourth-order valence-corrected chi connectivity index (χ4v) is 2.12. The lowest BCUT2D eigenvalue weighted by Crippen LogP contribution is -2.31. The smallest absolute Gasteiger partial charge is 0.422 e. The number of hydrogen-bond acceptors (Lipinski definition) is 4. The van der Waals surface area contributed by atoms with E-state index >= 15 is 0 Å². The van der Waals surface area contributed by atoms with Crippen molar-refractivity contribution < 1.29 is 32.6 Å². The average Bonchev–Trinajstić information content (AvgIpc) is 2.94. The van der Waals surface area contributed by atoms with Gasteiger partial charge in [-0.05, 0) is 18.6 Å². The average molecular weight is 318 g/mol. The molecule has 2 rings (SSSR count). The van der Waals surface area contributed by atoms with Gasteiger partial charge in [0.25, 0.3) is 5.91 Å². The minimum absolute atomic E-state index is 0.00342. The normalized spacial score (nSPS) is 18.3. The Bertz CT molecular complexity index is 577. The van der Waals surface area contributed by atoms with Crippen molar-refractivity contribution in [3.63, 3.8) is 0 Å². The van der Waals surface area contributed by atoms with Gasteiger partial charge in [-0.3, -0.25) is 9.59 Å². The molecule has 1 unspecified atom stereocenters. The van der Waals surface area contributed by atoms with Gasteiger partial charge in [0.2, 0.25) is 0 Å². The van der Waals surface area contributed by atoms with Crippen LogP contribution >= 0.6 is 0 Å². The highest BCUT2D eigenvalue weighted by Crippen LogP contribution is 2.24. The molecule has 1 aromatic rings. The molecule has 1 aromatic heterocycles. The zero-order chi connectivity index (χ0) is 16.3. The number of likely N-dealkylation sites (tertiary alicyclic amines) is 1. The Kier molecular flexibility index (Phi) is 4.53. The van der Waals surface area contributed by atoms with Crippen molar-refractivity contribution in [2.24, 2.45) is 5.92 Å². The first-order valence-corrected chi connectivity index (χ1v) is 6.44. The number of hydrogen-bond donors (Lipinski definition) is 1. The number of alkyl halides is 3. The highest BCUT2D eigenvalue weighted by molar-refractivity contribution is 5.95. The van der Waals surface area contributed by atoms with Crippen molar-refractivity contribution in [1.29, 1.82) is 0 Å². The Morgan fingerprint density at radius 3 is 2.77 bits per heavy atom. The number of carboxylic acid groups (broad SMARTS) is 1. The van der Waals surface area contributed by atoms with E-state index in [1.165, 1.54) is 23.2 Å². The summed E-state index contributed by atoms with van der Waals surface area (Å²) in [6, 6.07) is 2.57. The van der Waals surface area contributed by atoms with E-state index in [2.05, 4.69) is 9.72 Å². The lowest BCUT2D eigenvalue weighted by molar-refractivity contribution is -0.153. The standard InChI is InChI=1S/C13H13F3N2O4/c14-13(15,16)7-22-9-2-1-4-17-10(9)11(19)18-5-3-8(6-18)12(20)21/h1-2,4,8H,3,5-7H2,(H,20,21). The number of nitrogens with zero attached hydrogens (tertiary/aromatic N) is 2. The Hall–Kier alpha value is -2.32. The van der Waals surface area contributed by atoms with Crippen LogP contribution in [0.4, 0.5) is 13.2 Å². The van der Waals surface area contributed by atoms with Gasteiger partial charge in [0.05, 0.1) is 5.92 Å². The third-order valence-corrected chi connectivity index (χ3v) is 3.19. The first-order valence-electron chi connectivity index (χ1n) is 6.44. The molecule has 1 aliphatic rings. The van der Waals surface area contributed by atoms with E-state index < -0.39 is 30.6 Å². The van der Waals surface area contributed by atoms with Crippen LogP contribution in [0.15, 0.2) is 18.3 Å². The molecule has 0 aliphatic carbocycles. The van der Waals surface area contributed by atoms with E-state index in [-0.39, 0.29) is 24.5 Å². The maximum absolute atomic E-state index is 12.3. The first kappa shape index (κ1) is 16.1. The van der Waals surface area contributed by atoms with Gasteiger partial charge in [0, 0.05) is 19.3 Å². The number of pyridine rings is 1. The fourth-order valence-electron chi connectivity index (χ4n) is 2.12.